The number of rotatable bonds is 2. The summed E-state index contributed by atoms with van der Waals surface area (Å²) in [5.74, 6) is 0.129. The number of halogens is 1. The number of nitrogens with one attached hydrogen (secondary N) is 2. The monoisotopic (exact) mass is 341 g/mol. The molecule has 0 saturated carbocycles. The maximum atomic E-state index is 13.0. The molecule has 1 amide bonds. The van der Waals surface area contributed by atoms with Gasteiger partial charge in [0.1, 0.15) is 6.04 Å². The number of amides is 1. The molecule has 2 aliphatic rings. The van der Waals surface area contributed by atoms with Gasteiger partial charge in [0.25, 0.3) is 0 Å². The van der Waals surface area contributed by atoms with Crippen molar-refractivity contribution in [3.63, 3.8) is 0 Å². The van der Waals surface area contributed by atoms with Gasteiger partial charge >= 0.3 is 0 Å². The molecule has 2 atom stereocenters. The first kappa shape index (κ1) is 15.6. The second-order valence-corrected chi connectivity index (χ2v) is 6.78. The topological polar surface area (TPSA) is 44.4 Å². The van der Waals surface area contributed by atoms with Gasteiger partial charge in [-0.25, -0.2) is 10.9 Å². The molecule has 24 heavy (non-hydrogen) atoms. The molecule has 124 valence electrons. The fourth-order valence-corrected chi connectivity index (χ4v) is 3.90. The number of hydrogen-bond donors (Lipinski definition) is 2. The van der Waals surface area contributed by atoms with Crippen LogP contribution in [0.1, 0.15) is 30.0 Å². The van der Waals surface area contributed by atoms with Crippen LogP contribution in [-0.4, -0.2) is 18.5 Å². The minimum absolute atomic E-state index is 0.0488. The fraction of sp³-hybridized carbons (Fsp3) is 0.316. The van der Waals surface area contributed by atoms with Crippen LogP contribution < -0.4 is 15.8 Å². The van der Waals surface area contributed by atoms with Gasteiger partial charge in [-0.2, -0.15) is 0 Å². The van der Waals surface area contributed by atoms with E-state index in [1.165, 1.54) is 5.56 Å². The zero-order valence-electron chi connectivity index (χ0n) is 13.3. The Morgan fingerprint density at radius 3 is 2.75 bits per heavy atom. The van der Waals surface area contributed by atoms with E-state index in [1.807, 2.05) is 47.4 Å². The molecule has 4 rings (SSSR count). The van der Waals surface area contributed by atoms with Crippen LogP contribution in [-0.2, 0) is 11.2 Å². The van der Waals surface area contributed by atoms with Crippen molar-refractivity contribution < 1.29 is 4.79 Å². The Hall–Kier alpha value is -1.88. The predicted molar refractivity (Wildman–Crippen MR) is 96.0 cm³/mol. The molecule has 4 nitrogen and oxygen atoms in total. The zero-order valence-corrected chi connectivity index (χ0v) is 14.1. The van der Waals surface area contributed by atoms with Gasteiger partial charge in [0, 0.05) is 23.3 Å². The van der Waals surface area contributed by atoms with E-state index in [9.17, 15) is 4.79 Å². The molecule has 5 heteroatoms. The summed E-state index contributed by atoms with van der Waals surface area (Å²) >= 11 is 6.28. The van der Waals surface area contributed by atoms with Crippen LogP contribution in [0.3, 0.4) is 0 Å². The summed E-state index contributed by atoms with van der Waals surface area (Å²) in [6, 6.07) is 15.8. The zero-order chi connectivity index (χ0) is 16.5. The van der Waals surface area contributed by atoms with Crippen LogP contribution in [0.2, 0.25) is 5.02 Å². The Morgan fingerprint density at radius 1 is 1.08 bits per heavy atom. The van der Waals surface area contributed by atoms with Crippen LogP contribution in [0.4, 0.5) is 5.69 Å². The molecule has 1 fully saturated rings. The summed E-state index contributed by atoms with van der Waals surface area (Å²) in [5.41, 5.74) is 9.72. The first-order valence-electron chi connectivity index (χ1n) is 8.39. The van der Waals surface area contributed by atoms with Gasteiger partial charge in [0.05, 0.1) is 0 Å². The summed E-state index contributed by atoms with van der Waals surface area (Å²) in [5, 5.41) is 0.730. The molecular formula is C19H20ClN3O. The normalized spacial score (nSPS) is 23.1. The maximum Gasteiger partial charge on any atom is 0.245 e. The number of hydrogen-bond acceptors (Lipinski definition) is 3. The number of aryl methyl sites for hydroxylation is 1. The van der Waals surface area contributed by atoms with Gasteiger partial charge in [-0.05, 0) is 42.5 Å². The number of carbonyl (C=O) groups is 1. The Balaban J connectivity index is 1.52. The third kappa shape index (κ3) is 2.81. The second kappa shape index (κ2) is 6.55. The van der Waals surface area contributed by atoms with E-state index in [4.69, 9.17) is 11.6 Å². The molecule has 0 bridgehead atoms. The molecule has 2 aromatic carbocycles. The number of carbonyl (C=O) groups excluding carboxylic acids is 1. The average Bonchev–Trinajstić information content (AvgIpc) is 3.11. The fourth-order valence-electron chi connectivity index (χ4n) is 3.63. The number of nitrogens with zero attached hydrogens (tertiary/aromatic N) is 1. The minimum atomic E-state index is -0.238. The van der Waals surface area contributed by atoms with Crippen molar-refractivity contribution in [1.29, 1.82) is 0 Å². The molecule has 2 heterocycles. The van der Waals surface area contributed by atoms with Crippen LogP contribution in [0.25, 0.3) is 0 Å². The van der Waals surface area contributed by atoms with Crippen molar-refractivity contribution in [1.82, 2.24) is 10.9 Å². The average molecular weight is 342 g/mol. The summed E-state index contributed by atoms with van der Waals surface area (Å²) in [6.07, 6.45) is 2.75. The van der Waals surface area contributed by atoms with Crippen LogP contribution in [0.5, 0.6) is 0 Å². The Bertz CT molecular complexity index is 764. The lowest BCUT2D eigenvalue weighted by Gasteiger charge is -2.31. The first-order valence-corrected chi connectivity index (χ1v) is 8.76. The maximum absolute atomic E-state index is 13.0. The van der Waals surface area contributed by atoms with Crippen molar-refractivity contribution in [3.8, 4) is 0 Å². The quantitative estimate of drug-likeness (QED) is 0.881. The molecule has 0 aliphatic carbocycles. The Kier molecular flexibility index (Phi) is 4.27. The third-order valence-corrected chi connectivity index (χ3v) is 5.20. The number of hydrazine groups is 1. The molecule has 2 aliphatic heterocycles. The van der Waals surface area contributed by atoms with E-state index in [0.717, 1.165) is 35.7 Å². The highest BCUT2D eigenvalue weighted by atomic mass is 35.5. The van der Waals surface area contributed by atoms with E-state index in [1.54, 1.807) is 0 Å². The number of fused-ring (bicyclic) bond motifs is 1. The van der Waals surface area contributed by atoms with E-state index in [2.05, 4.69) is 16.9 Å². The lowest BCUT2D eigenvalue weighted by Crippen LogP contribution is -2.47. The van der Waals surface area contributed by atoms with E-state index in [0.29, 0.717) is 6.42 Å². The Labute approximate surface area is 146 Å². The van der Waals surface area contributed by atoms with Gasteiger partial charge in [-0.15, -0.1) is 0 Å². The van der Waals surface area contributed by atoms with Gasteiger partial charge in [-0.3, -0.25) is 4.79 Å². The van der Waals surface area contributed by atoms with E-state index >= 15 is 0 Å². The standard InChI is InChI=1S/C19H20ClN3O/c20-15-9-3-2-8-14(15)16-12-17(22-21-16)19(24)23-11-5-7-13-6-1-4-10-18(13)23/h1-4,6,8-10,16-17,21-22H,5,7,11-12H2. The molecule has 0 aromatic heterocycles. The molecule has 0 spiro atoms. The Morgan fingerprint density at radius 2 is 1.88 bits per heavy atom. The van der Waals surface area contributed by atoms with Crippen LogP contribution in [0.15, 0.2) is 48.5 Å². The molecular weight excluding hydrogens is 322 g/mol. The van der Waals surface area contributed by atoms with Gasteiger partial charge in [-0.1, -0.05) is 48.0 Å². The lowest BCUT2D eigenvalue weighted by molar-refractivity contribution is -0.120. The minimum Gasteiger partial charge on any atom is -0.311 e. The van der Waals surface area contributed by atoms with Crippen LogP contribution >= 0.6 is 11.6 Å². The van der Waals surface area contributed by atoms with Crippen molar-refractivity contribution in [2.24, 2.45) is 0 Å². The first-order chi connectivity index (χ1) is 11.7. The molecule has 1 saturated heterocycles. The highest BCUT2D eigenvalue weighted by molar-refractivity contribution is 6.31. The SMILES string of the molecule is O=C(C1CC(c2ccccc2Cl)NN1)N1CCCc2ccccc21. The summed E-state index contributed by atoms with van der Waals surface area (Å²) in [6.45, 7) is 0.783. The number of para-hydroxylation sites is 1. The van der Waals surface area contributed by atoms with Crippen molar-refractivity contribution in [2.45, 2.75) is 31.3 Å². The summed E-state index contributed by atoms with van der Waals surface area (Å²) in [7, 11) is 0. The van der Waals surface area contributed by atoms with Gasteiger partial charge < -0.3 is 4.90 Å². The highest BCUT2D eigenvalue weighted by Crippen LogP contribution is 2.31. The second-order valence-electron chi connectivity index (χ2n) is 6.37. The molecule has 2 aromatic rings. The van der Waals surface area contributed by atoms with Gasteiger partial charge in [0.15, 0.2) is 0 Å². The van der Waals surface area contributed by atoms with Crippen molar-refractivity contribution in [2.75, 3.05) is 11.4 Å². The largest absolute Gasteiger partial charge is 0.311 e. The highest BCUT2D eigenvalue weighted by Gasteiger charge is 2.35. The predicted octanol–water partition coefficient (Wildman–Crippen LogP) is 3.23. The third-order valence-electron chi connectivity index (χ3n) is 4.86. The summed E-state index contributed by atoms with van der Waals surface area (Å²) < 4.78 is 0. The molecule has 0 radical (unpaired) electrons. The number of benzene rings is 2. The smallest absolute Gasteiger partial charge is 0.245 e. The molecule has 2 unspecified atom stereocenters. The van der Waals surface area contributed by atoms with E-state index < -0.39 is 0 Å². The summed E-state index contributed by atoms with van der Waals surface area (Å²) in [4.78, 5) is 14.9. The number of anilines is 1. The molecule has 2 N–H and O–H groups in total. The van der Waals surface area contributed by atoms with Crippen LogP contribution in [0, 0.1) is 0 Å². The van der Waals surface area contributed by atoms with Gasteiger partial charge in [0.2, 0.25) is 5.91 Å². The lowest BCUT2D eigenvalue weighted by atomic mass is 9.98. The van der Waals surface area contributed by atoms with Crippen molar-refractivity contribution in [3.05, 3.63) is 64.7 Å². The van der Waals surface area contributed by atoms with E-state index in [-0.39, 0.29) is 18.0 Å². The van der Waals surface area contributed by atoms with Crippen molar-refractivity contribution >= 4 is 23.2 Å².